The van der Waals surface area contributed by atoms with E-state index in [1.165, 1.54) is 12.4 Å². The van der Waals surface area contributed by atoms with Crippen molar-refractivity contribution in [3.8, 4) is 0 Å². The van der Waals surface area contributed by atoms with E-state index >= 15 is 0 Å². The second kappa shape index (κ2) is 3.51. The number of aromatic nitrogens is 1. The molecule has 0 saturated carbocycles. The van der Waals surface area contributed by atoms with E-state index in [4.69, 9.17) is 10.7 Å². The van der Waals surface area contributed by atoms with Crippen LogP contribution in [0.2, 0.25) is 0 Å². The Morgan fingerprint density at radius 3 is 2.46 bits per heavy atom. The first-order valence-corrected chi connectivity index (χ1v) is 5.80. The largest absolute Gasteiger partial charge is 0.376 e. The average molecular weight is 221 g/mol. The van der Waals surface area contributed by atoms with Crippen LogP contribution >= 0.6 is 10.7 Å². The zero-order chi connectivity index (χ0) is 10.1. The van der Waals surface area contributed by atoms with Crippen LogP contribution in [0.1, 0.15) is 0 Å². The molecule has 0 spiro atoms. The fourth-order valence-corrected chi connectivity index (χ4v) is 1.97. The van der Waals surface area contributed by atoms with Gasteiger partial charge in [0.15, 0.2) is 0 Å². The highest BCUT2D eigenvalue weighted by molar-refractivity contribution is 8.13. The monoisotopic (exact) mass is 220 g/mol. The molecule has 4 nitrogen and oxygen atoms in total. The molecule has 0 aliphatic rings. The average Bonchev–Trinajstić information content (AvgIpc) is 2.03. The Kier molecular flexibility index (Phi) is 2.77. The first-order chi connectivity index (χ1) is 5.93. The van der Waals surface area contributed by atoms with Crippen LogP contribution in [0.15, 0.2) is 23.4 Å². The van der Waals surface area contributed by atoms with Crippen molar-refractivity contribution in [1.29, 1.82) is 0 Å². The Hall–Kier alpha value is -0.810. The lowest BCUT2D eigenvalue weighted by Crippen LogP contribution is -2.12. The normalized spacial score (nSPS) is 11.3. The van der Waals surface area contributed by atoms with E-state index in [9.17, 15) is 8.42 Å². The molecule has 0 atom stereocenters. The first-order valence-electron chi connectivity index (χ1n) is 3.49. The minimum Gasteiger partial charge on any atom is -0.376 e. The third-order valence-corrected chi connectivity index (χ3v) is 2.85. The Morgan fingerprint density at radius 2 is 2.08 bits per heavy atom. The second-order valence-electron chi connectivity index (χ2n) is 2.68. The molecule has 0 aliphatic carbocycles. The summed E-state index contributed by atoms with van der Waals surface area (Å²) in [5, 5.41) is 0. The summed E-state index contributed by atoms with van der Waals surface area (Å²) < 4.78 is 22.1. The molecule has 0 saturated heterocycles. The lowest BCUT2D eigenvalue weighted by molar-refractivity contribution is 0.609. The van der Waals surface area contributed by atoms with Crippen LogP contribution in [0.3, 0.4) is 0 Å². The van der Waals surface area contributed by atoms with E-state index < -0.39 is 9.05 Å². The Morgan fingerprint density at radius 1 is 1.46 bits per heavy atom. The number of hydrogen-bond donors (Lipinski definition) is 0. The molecule has 1 aromatic heterocycles. The maximum absolute atomic E-state index is 11.1. The van der Waals surface area contributed by atoms with Crippen LogP contribution in [0, 0.1) is 0 Å². The number of hydrogen-bond acceptors (Lipinski definition) is 4. The van der Waals surface area contributed by atoms with Crippen LogP contribution in [0.4, 0.5) is 5.69 Å². The van der Waals surface area contributed by atoms with Crippen molar-refractivity contribution in [2.24, 2.45) is 0 Å². The molecule has 0 N–H and O–H groups in total. The van der Waals surface area contributed by atoms with Crippen molar-refractivity contribution in [1.82, 2.24) is 4.98 Å². The second-order valence-corrected chi connectivity index (χ2v) is 5.21. The van der Waals surface area contributed by atoms with Gasteiger partial charge in [-0.1, -0.05) is 0 Å². The van der Waals surface area contributed by atoms with E-state index in [1.54, 1.807) is 25.1 Å². The molecule has 0 radical (unpaired) electrons. The number of nitrogens with zero attached hydrogens (tertiary/aromatic N) is 2. The van der Waals surface area contributed by atoms with E-state index in [1.807, 2.05) is 0 Å². The Labute approximate surface area is 81.6 Å². The molecule has 0 amide bonds. The minimum atomic E-state index is -3.71. The lowest BCUT2D eigenvalue weighted by atomic mass is 10.4. The van der Waals surface area contributed by atoms with Crippen LogP contribution in [0.25, 0.3) is 0 Å². The van der Waals surface area contributed by atoms with Gasteiger partial charge in [-0.25, -0.2) is 8.42 Å². The van der Waals surface area contributed by atoms with Gasteiger partial charge in [-0.15, -0.1) is 0 Å². The molecule has 72 valence electrons. The van der Waals surface area contributed by atoms with Crippen LogP contribution in [-0.4, -0.2) is 27.5 Å². The van der Waals surface area contributed by atoms with Gasteiger partial charge in [-0.3, -0.25) is 4.98 Å². The van der Waals surface area contributed by atoms with E-state index in [0.29, 0.717) is 5.69 Å². The van der Waals surface area contributed by atoms with Gasteiger partial charge in [0.05, 0.1) is 5.69 Å². The standard InChI is InChI=1S/C7H9ClN2O2S/c1-10(2)6-3-4-9-5-7(6)13(8,11)12/h3-5H,1-2H3. The topological polar surface area (TPSA) is 50.3 Å². The van der Waals surface area contributed by atoms with Gasteiger partial charge in [0.25, 0.3) is 9.05 Å². The molecule has 0 aromatic carbocycles. The fourth-order valence-electron chi connectivity index (χ4n) is 0.930. The van der Waals surface area contributed by atoms with Crippen LogP contribution in [-0.2, 0) is 9.05 Å². The molecule has 1 rings (SSSR count). The quantitative estimate of drug-likeness (QED) is 0.700. The predicted molar refractivity (Wildman–Crippen MR) is 51.6 cm³/mol. The van der Waals surface area contributed by atoms with Gasteiger partial charge in [0.1, 0.15) is 4.90 Å². The van der Waals surface area contributed by atoms with Crippen molar-refractivity contribution >= 4 is 25.4 Å². The maximum atomic E-state index is 11.1. The predicted octanol–water partition coefficient (Wildman–Crippen LogP) is 1.08. The van der Waals surface area contributed by atoms with Crippen LogP contribution < -0.4 is 4.90 Å². The minimum absolute atomic E-state index is 0.0293. The van der Waals surface area contributed by atoms with Gasteiger partial charge >= 0.3 is 0 Å². The molecule has 13 heavy (non-hydrogen) atoms. The summed E-state index contributed by atoms with van der Waals surface area (Å²) in [6.45, 7) is 0. The molecule has 0 fully saturated rings. The maximum Gasteiger partial charge on any atom is 0.264 e. The van der Waals surface area contributed by atoms with Gasteiger partial charge in [-0.05, 0) is 6.07 Å². The van der Waals surface area contributed by atoms with Gasteiger partial charge in [0.2, 0.25) is 0 Å². The zero-order valence-electron chi connectivity index (χ0n) is 7.23. The van der Waals surface area contributed by atoms with Crippen molar-refractivity contribution < 1.29 is 8.42 Å². The summed E-state index contributed by atoms with van der Waals surface area (Å²) >= 11 is 0. The third-order valence-electron chi connectivity index (χ3n) is 1.51. The molecule has 6 heteroatoms. The highest BCUT2D eigenvalue weighted by Crippen LogP contribution is 2.24. The molecule has 0 aliphatic heterocycles. The SMILES string of the molecule is CN(C)c1ccncc1S(=O)(=O)Cl. The van der Waals surface area contributed by atoms with E-state index in [2.05, 4.69) is 4.98 Å². The first kappa shape index (κ1) is 10.3. The summed E-state index contributed by atoms with van der Waals surface area (Å²) in [4.78, 5) is 5.40. The van der Waals surface area contributed by atoms with Gasteiger partial charge < -0.3 is 4.90 Å². The van der Waals surface area contributed by atoms with Crippen LogP contribution in [0.5, 0.6) is 0 Å². The number of anilines is 1. The summed E-state index contributed by atoms with van der Waals surface area (Å²) in [6, 6.07) is 1.59. The van der Waals surface area contributed by atoms with Gasteiger partial charge in [0, 0.05) is 37.2 Å². The smallest absolute Gasteiger partial charge is 0.264 e. The highest BCUT2D eigenvalue weighted by Gasteiger charge is 2.16. The van der Waals surface area contributed by atoms with Crippen molar-refractivity contribution in [2.45, 2.75) is 4.90 Å². The van der Waals surface area contributed by atoms with E-state index in [-0.39, 0.29) is 4.90 Å². The molecule has 1 aromatic rings. The zero-order valence-corrected chi connectivity index (χ0v) is 8.80. The lowest BCUT2D eigenvalue weighted by Gasteiger charge is -2.14. The Balaban J connectivity index is 3.37. The third kappa shape index (κ3) is 2.32. The summed E-state index contributed by atoms with van der Waals surface area (Å²) in [5.74, 6) is 0. The van der Waals surface area contributed by atoms with Crippen molar-refractivity contribution in [2.75, 3.05) is 19.0 Å². The molecule has 0 bridgehead atoms. The number of halogens is 1. The summed E-state index contributed by atoms with van der Waals surface area (Å²) in [6.07, 6.45) is 2.75. The van der Waals surface area contributed by atoms with Crippen molar-refractivity contribution in [3.63, 3.8) is 0 Å². The summed E-state index contributed by atoms with van der Waals surface area (Å²) in [7, 11) is 4.98. The molecular formula is C7H9ClN2O2S. The van der Waals surface area contributed by atoms with Crippen molar-refractivity contribution in [3.05, 3.63) is 18.5 Å². The molecule has 0 unspecified atom stereocenters. The summed E-state index contributed by atoms with van der Waals surface area (Å²) in [5.41, 5.74) is 0.532. The Bertz CT molecular complexity index is 403. The van der Waals surface area contributed by atoms with Gasteiger partial charge in [-0.2, -0.15) is 0 Å². The highest BCUT2D eigenvalue weighted by atomic mass is 35.7. The fraction of sp³-hybridized carbons (Fsp3) is 0.286. The molecule has 1 heterocycles. The molecular weight excluding hydrogens is 212 g/mol. The van der Waals surface area contributed by atoms with E-state index in [0.717, 1.165) is 0 Å². The number of pyridine rings is 1. The number of rotatable bonds is 2.